The van der Waals surface area contributed by atoms with Crippen LogP contribution in [0.25, 0.3) is 11.9 Å². The highest BCUT2D eigenvalue weighted by molar-refractivity contribution is 7.89. The smallest absolute Gasteiger partial charge is 0.239 e. The largest absolute Gasteiger partial charge is 0.369 e. The van der Waals surface area contributed by atoms with Gasteiger partial charge in [-0.25, -0.2) is 30.9 Å². The predicted octanol–water partition coefficient (Wildman–Crippen LogP) is 3.29. The molecule has 2 N–H and O–H groups in total. The topological polar surface area (TPSA) is 88.7 Å². The number of rotatable bonds is 3. The molecule has 2 heterocycles. The van der Waals surface area contributed by atoms with Crippen LogP contribution in [0.15, 0.2) is 35.5 Å². The number of sulfonamides is 1. The van der Waals surface area contributed by atoms with E-state index in [0.717, 1.165) is 28.7 Å². The molecule has 1 unspecified atom stereocenters. The Morgan fingerprint density at radius 2 is 2.00 bits per heavy atom. The van der Waals surface area contributed by atoms with Gasteiger partial charge in [0.25, 0.3) is 0 Å². The van der Waals surface area contributed by atoms with E-state index in [1.165, 1.54) is 26.1 Å². The van der Waals surface area contributed by atoms with E-state index in [2.05, 4.69) is 9.98 Å². The van der Waals surface area contributed by atoms with Crippen molar-refractivity contribution >= 4 is 39.5 Å². The number of pyridine rings is 1. The molecule has 1 aliphatic heterocycles. The molecular formula is C18H16ClF3N4O2S. The maximum Gasteiger partial charge on any atom is 0.239 e. The number of aliphatic imine (C=N–C) groups is 1. The van der Waals surface area contributed by atoms with E-state index in [0.29, 0.717) is 0 Å². The first-order valence-corrected chi connectivity index (χ1v) is 10.2. The Balaban J connectivity index is 2.06. The molecule has 1 aliphatic rings. The van der Waals surface area contributed by atoms with Crippen LogP contribution < -0.4 is 5.73 Å². The van der Waals surface area contributed by atoms with Crippen LogP contribution in [0.3, 0.4) is 0 Å². The molecule has 154 valence electrons. The van der Waals surface area contributed by atoms with Gasteiger partial charge in [-0.3, -0.25) is 4.98 Å². The van der Waals surface area contributed by atoms with E-state index in [1.54, 1.807) is 0 Å². The lowest BCUT2D eigenvalue weighted by Gasteiger charge is -2.34. The Kier molecular flexibility index (Phi) is 5.35. The molecule has 1 aromatic carbocycles. The minimum atomic E-state index is -3.81. The molecule has 1 aromatic heterocycles. The molecule has 0 saturated heterocycles. The van der Waals surface area contributed by atoms with Gasteiger partial charge in [0, 0.05) is 24.9 Å². The van der Waals surface area contributed by atoms with Gasteiger partial charge in [0.15, 0.2) is 0 Å². The van der Waals surface area contributed by atoms with Crippen LogP contribution >= 0.6 is 11.6 Å². The average Bonchev–Trinajstić information content (AvgIpc) is 2.63. The van der Waals surface area contributed by atoms with Crippen LogP contribution in [0.2, 0.25) is 5.02 Å². The quantitative estimate of drug-likeness (QED) is 0.786. The third kappa shape index (κ3) is 4.08. The molecule has 0 radical (unpaired) electrons. The van der Waals surface area contributed by atoms with Gasteiger partial charge in [-0.2, -0.15) is 0 Å². The molecule has 11 heteroatoms. The number of hydrogen-bond donors (Lipinski definition) is 1. The first-order valence-electron chi connectivity index (χ1n) is 8.23. The van der Waals surface area contributed by atoms with E-state index < -0.39 is 38.8 Å². The minimum absolute atomic E-state index is 0.0751. The molecule has 0 saturated carbocycles. The molecule has 0 amide bonds. The van der Waals surface area contributed by atoms with Crippen LogP contribution in [-0.2, 0) is 15.6 Å². The lowest BCUT2D eigenvalue weighted by Crippen LogP contribution is -2.50. The normalized spacial score (nSPS) is 21.8. The van der Waals surface area contributed by atoms with E-state index in [9.17, 15) is 21.6 Å². The van der Waals surface area contributed by atoms with Gasteiger partial charge in [0.1, 0.15) is 28.7 Å². The van der Waals surface area contributed by atoms with E-state index >= 15 is 0 Å². The van der Waals surface area contributed by atoms with Crippen LogP contribution in [0, 0.1) is 11.6 Å². The summed E-state index contributed by atoms with van der Waals surface area (Å²) in [5, 5.41) is -0.252. The number of guanidine groups is 1. The Morgan fingerprint density at radius 1 is 1.31 bits per heavy atom. The zero-order valence-electron chi connectivity index (χ0n) is 15.3. The van der Waals surface area contributed by atoms with E-state index in [4.69, 9.17) is 17.3 Å². The number of nitrogens with zero attached hydrogens (tertiary/aromatic N) is 3. The van der Waals surface area contributed by atoms with Gasteiger partial charge < -0.3 is 5.73 Å². The number of halogens is 4. The van der Waals surface area contributed by atoms with Gasteiger partial charge in [-0.05, 0) is 30.7 Å². The van der Waals surface area contributed by atoms with Crippen LogP contribution in [-0.4, -0.2) is 36.5 Å². The molecule has 2 aromatic rings. The number of aromatic nitrogens is 1. The molecule has 29 heavy (non-hydrogen) atoms. The molecule has 0 bridgehead atoms. The summed E-state index contributed by atoms with van der Waals surface area (Å²) in [6, 6.07) is 4.43. The second-order valence-electron chi connectivity index (χ2n) is 6.68. The second kappa shape index (κ2) is 7.34. The first-order chi connectivity index (χ1) is 13.4. The summed E-state index contributed by atoms with van der Waals surface area (Å²) >= 11 is 5.53. The third-order valence-corrected chi connectivity index (χ3v) is 6.71. The standard InChI is InChI=1S/C18H16ClF3N4O2S/c1-18(9-29(27,28)26(2)17(23)25-18)11-5-10(3-4-13(11)20)6-15(22)16-7-14(21)12(19)8-24-16/h3-8H,9H2,1-2H3,(H2,23,25). The highest BCUT2D eigenvalue weighted by Crippen LogP contribution is 2.34. The summed E-state index contributed by atoms with van der Waals surface area (Å²) in [5.74, 6) is -3.26. The molecule has 0 spiro atoms. The van der Waals surface area contributed by atoms with Crippen molar-refractivity contribution in [3.8, 4) is 0 Å². The summed E-state index contributed by atoms with van der Waals surface area (Å²) in [4.78, 5) is 7.84. The van der Waals surface area contributed by atoms with Crippen molar-refractivity contribution in [3.63, 3.8) is 0 Å². The monoisotopic (exact) mass is 444 g/mol. The summed E-state index contributed by atoms with van der Waals surface area (Å²) in [6.07, 6.45) is 1.98. The lowest BCUT2D eigenvalue weighted by molar-refractivity contribution is 0.458. The fourth-order valence-electron chi connectivity index (χ4n) is 2.90. The van der Waals surface area contributed by atoms with Crippen molar-refractivity contribution in [3.05, 3.63) is 63.9 Å². The SMILES string of the molecule is CN1C(N)=NC(C)(c2cc(C=C(F)c3cc(F)c(Cl)cn3)ccc2F)CS1(=O)=O. The predicted molar refractivity (Wildman–Crippen MR) is 105 cm³/mol. The van der Waals surface area contributed by atoms with Crippen molar-refractivity contribution in [2.45, 2.75) is 12.5 Å². The number of benzene rings is 1. The average molecular weight is 445 g/mol. The molecular weight excluding hydrogens is 429 g/mol. The summed E-state index contributed by atoms with van der Waals surface area (Å²) in [6.45, 7) is 1.42. The van der Waals surface area contributed by atoms with Gasteiger partial charge >= 0.3 is 0 Å². The Labute approximate surface area is 170 Å². The van der Waals surface area contributed by atoms with Crippen molar-refractivity contribution in [2.75, 3.05) is 12.8 Å². The van der Waals surface area contributed by atoms with Crippen molar-refractivity contribution < 1.29 is 21.6 Å². The van der Waals surface area contributed by atoms with Crippen LogP contribution in [0.4, 0.5) is 13.2 Å². The fourth-order valence-corrected chi connectivity index (χ4v) is 4.45. The Bertz CT molecular complexity index is 1150. The van der Waals surface area contributed by atoms with Crippen molar-refractivity contribution in [1.82, 2.24) is 9.29 Å². The van der Waals surface area contributed by atoms with E-state index in [1.807, 2.05) is 0 Å². The number of nitrogens with two attached hydrogens (primary N) is 1. The third-order valence-electron chi connectivity index (χ3n) is 4.48. The first kappa shape index (κ1) is 21.1. The van der Waals surface area contributed by atoms with Crippen molar-refractivity contribution in [2.24, 2.45) is 10.7 Å². The zero-order chi connectivity index (χ0) is 21.6. The number of hydrogen-bond acceptors (Lipinski definition) is 5. The minimum Gasteiger partial charge on any atom is -0.369 e. The molecule has 0 aliphatic carbocycles. The van der Waals surface area contributed by atoms with Crippen LogP contribution in [0.5, 0.6) is 0 Å². The zero-order valence-corrected chi connectivity index (χ0v) is 16.9. The van der Waals surface area contributed by atoms with Crippen molar-refractivity contribution in [1.29, 1.82) is 0 Å². The van der Waals surface area contributed by atoms with Gasteiger partial charge in [0.05, 0.1) is 10.8 Å². The Morgan fingerprint density at radius 3 is 2.62 bits per heavy atom. The van der Waals surface area contributed by atoms with Gasteiger partial charge in [-0.15, -0.1) is 0 Å². The fraction of sp³-hybridized carbons (Fsp3) is 0.222. The molecule has 3 rings (SSSR count). The molecule has 0 fully saturated rings. The summed E-state index contributed by atoms with van der Waals surface area (Å²) in [7, 11) is -2.57. The summed E-state index contributed by atoms with van der Waals surface area (Å²) < 4.78 is 68.0. The maximum absolute atomic E-state index is 14.5. The maximum atomic E-state index is 14.5. The van der Waals surface area contributed by atoms with Gasteiger partial charge in [0.2, 0.25) is 16.0 Å². The van der Waals surface area contributed by atoms with Gasteiger partial charge in [-0.1, -0.05) is 17.7 Å². The second-order valence-corrected chi connectivity index (χ2v) is 9.09. The van der Waals surface area contributed by atoms with E-state index in [-0.39, 0.29) is 27.8 Å². The highest BCUT2D eigenvalue weighted by Gasteiger charge is 2.41. The molecule has 6 nitrogen and oxygen atoms in total. The van der Waals surface area contributed by atoms with Crippen LogP contribution in [0.1, 0.15) is 23.7 Å². The highest BCUT2D eigenvalue weighted by atomic mass is 35.5. The summed E-state index contributed by atoms with van der Waals surface area (Å²) in [5.41, 5.74) is 4.00. The molecule has 1 atom stereocenters. The Hall–Kier alpha value is -2.59. The lowest BCUT2D eigenvalue weighted by atomic mass is 9.92.